The molecule has 0 saturated carbocycles. The van der Waals surface area contributed by atoms with Crippen molar-refractivity contribution in [1.82, 2.24) is 19.5 Å². The summed E-state index contributed by atoms with van der Waals surface area (Å²) in [6, 6.07) is 4.55. The van der Waals surface area contributed by atoms with Crippen molar-refractivity contribution >= 4 is 34.8 Å². The van der Waals surface area contributed by atoms with E-state index < -0.39 is 36.0 Å². The summed E-state index contributed by atoms with van der Waals surface area (Å²) in [5.41, 5.74) is 4.03. The van der Waals surface area contributed by atoms with Crippen LogP contribution in [0, 0.1) is 0 Å². The smallest absolute Gasteiger partial charge is 0.416 e. The molecule has 4 N–H and O–H groups in total. The van der Waals surface area contributed by atoms with Crippen LogP contribution < -0.4 is 36.9 Å². The molecule has 18 heteroatoms. The summed E-state index contributed by atoms with van der Waals surface area (Å²) in [7, 11) is 4.72. The van der Waals surface area contributed by atoms with E-state index in [4.69, 9.17) is 26.1 Å². The predicted octanol–water partition coefficient (Wildman–Crippen LogP) is 3.86. The fourth-order valence-corrected chi connectivity index (χ4v) is 7.03. The first-order chi connectivity index (χ1) is 26.3. The van der Waals surface area contributed by atoms with E-state index in [9.17, 15) is 32.7 Å². The Kier molecular flexibility index (Phi) is 13.1. The highest BCUT2D eigenvalue weighted by Gasteiger charge is 2.33. The molecule has 2 amide bonds. The Morgan fingerprint density at radius 3 is 2.45 bits per heavy atom. The molecule has 0 aliphatic carbocycles. The normalized spacial score (nSPS) is 15.3. The first-order valence-corrected chi connectivity index (χ1v) is 18.3. The number of piperazine rings is 1. The summed E-state index contributed by atoms with van der Waals surface area (Å²) in [5, 5.41) is 16.3. The zero-order valence-corrected chi connectivity index (χ0v) is 32.1. The minimum absolute atomic E-state index is 0.0288. The molecule has 298 valence electrons. The number of ether oxygens (including phenoxy) is 2. The fourth-order valence-electron chi connectivity index (χ4n) is 6.80. The molecule has 2 aromatic carbocycles. The largest absolute Gasteiger partial charge is 0.504 e. The number of aromatic hydroxyl groups is 1. The van der Waals surface area contributed by atoms with Gasteiger partial charge in [0, 0.05) is 65.8 Å². The summed E-state index contributed by atoms with van der Waals surface area (Å²) >= 11 is 6.16. The summed E-state index contributed by atoms with van der Waals surface area (Å²) in [5.74, 6) is -0.796. The number of rotatable bonds is 13. The Labute approximate surface area is 321 Å². The molecule has 1 unspecified atom stereocenters. The topological polar surface area (TPSA) is 155 Å². The van der Waals surface area contributed by atoms with E-state index in [0.29, 0.717) is 37.3 Å². The van der Waals surface area contributed by atoms with Crippen molar-refractivity contribution in [3.05, 3.63) is 85.5 Å². The van der Waals surface area contributed by atoms with Crippen molar-refractivity contribution in [2.45, 2.75) is 58.5 Å². The Morgan fingerprint density at radius 2 is 1.85 bits per heavy atom. The maximum absolute atomic E-state index is 14.4. The number of alkyl halides is 3. The maximum Gasteiger partial charge on any atom is 0.416 e. The number of halogens is 4. The third-order valence-electron chi connectivity index (χ3n) is 9.54. The molecule has 0 radical (unpaired) electrons. The van der Waals surface area contributed by atoms with Crippen molar-refractivity contribution in [3.8, 4) is 11.5 Å². The van der Waals surface area contributed by atoms with Crippen LogP contribution >= 0.6 is 11.6 Å². The summed E-state index contributed by atoms with van der Waals surface area (Å²) < 4.78 is 53.8. The van der Waals surface area contributed by atoms with E-state index in [0.717, 1.165) is 29.3 Å². The van der Waals surface area contributed by atoms with Gasteiger partial charge in [0.1, 0.15) is 12.2 Å². The minimum atomic E-state index is -4.62. The number of anilines is 2. The monoisotopic (exact) mass is 790 g/mol. The second kappa shape index (κ2) is 17.5. The highest BCUT2D eigenvalue weighted by Crippen LogP contribution is 2.41. The van der Waals surface area contributed by atoms with Crippen LogP contribution in [0.25, 0.3) is 0 Å². The average molecular weight is 791 g/mol. The van der Waals surface area contributed by atoms with Crippen molar-refractivity contribution in [2.75, 3.05) is 69.6 Å². The third-order valence-corrected chi connectivity index (χ3v) is 9.85. The van der Waals surface area contributed by atoms with Crippen LogP contribution in [0.5, 0.6) is 11.5 Å². The predicted molar refractivity (Wildman–Crippen MR) is 202 cm³/mol. The first-order valence-electron chi connectivity index (χ1n) is 17.9. The lowest BCUT2D eigenvalue weighted by Gasteiger charge is -2.37. The van der Waals surface area contributed by atoms with Gasteiger partial charge in [0.2, 0.25) is 11.5 Å². The van der Waals surface area contributed by atoms with Gasteiger partial charge in [-0.1, -0.05) is 37.6 Å². The number of carbonyl (C=O) groups is 2. The van der Waals surface area contributed by atoms with Crippen molar-refractivity contribution in [1.29, 1.82) is 0 Å². The Bertz CT molecular complexity index is 2080. The number of carbonyl (C=O) groups excluding carboxylic acids is 2. The lowest BCUT2D eigenvalue weighted by Crippen LogP contribution is -2.54. The van der Waals surface area contributed by atoms with Crippen LogP contribution in [0.4, 0.5) is 24.5 Å². The molecular weight excluding hydrogens is 745 g/mol. The molecule has 1 fully saturated rings. The molecule has 2 aliphatic heterocycles. The number of aryl methyl sites for hydroxylation is 1. The number of hydrogen-bond acceptors (Lipinski definition) is 10. The Hall–Kier alpha value is -5.16. The van der Waals surface area contributed by atoms with Gasteiger partial charge in [0.15, 0.2) is 17.7 Å². The summed E-state index contributed by atoms with van der Waals surface area (Å²) in [6.07, 6.45) is -0.130. The average Bonchev–Trinajstić information content (AvgIpc) is 3.64. The summed E-state index contributed by atoms with van der Waals surface area (Å²) in [6.45, 7) is 4.72. The first kappa shape index (κ1) is 41.0. The molecular formula is C37H46ClF3N8O6. The molecule has 2 aliphatic rings. The number of aromatic nitrogens is 2. The quantitative estimate of drug-likeness (QED) is 0.202. The zero-order valence-electron chi connectivity index (χ0n) is 31.3. The molecule has 3 aromatic rings. The van der Waals surface area contributed by atoms with E-state index in [1.54, 1.807) is 28.8 Å². The highest BCUT2D eigenvalue weighted by molar-refractivity contribution is 6.33. The Morgan fingerprint density at radius 1 is 1.13 bits per heavy atom. The number of fused-ring (bicyclic) bond motifs is 1. The molecule has 14 nitrogen and oxygen atoms in total. The van der Waals surface area contributed by atoms with E-state index in [1.165, 1.54) is 18.8 Å². The molecule has 1 aromatic heterocycles. The van der Waals surface area contributed by atoms with Gasteiger partial charge in [0.05, 0.1) is 34.1 Å². The fraction of sp³-hybridized carbons (Fsp3) is 0.459. The number of hydrogen-bond donors (Lipinski definition) is 4. The maximum atomic E-state index is 14.4. The second-order valence-corrected chi connectivity index (χ2v) is 13.3. The van der Waals surface area contributed by atoms with Gasteiger partial charge >= 0.3 is 6.18 Å². The number of phenols is 1. The van der Waals surface area contributed by atoms with Crippen LogP contribution in [0.1, 0.15) is 53.0 Å². The number of nitrogens with one attached hydrogen (secondary N) is 3. The van der Waals surface area contributed by atoms with E-state index in [1.807, 2.05) is 24.8 Å². The molecule has 0 bridgehead atoms. The number of phenolic OH excluding ortho intramolecular Hbond substituents is 1. The van der Waals surface area contributed by atoms with Crippen molar-refractivity contribution in [2.24, 2.45) is 4.99 Å². The molecule has 1 saturated heterocycles. The van der Waals surface area contributed by atoms with Gasteiger partial charge < -0.3 is 45.0 Å². The molecule has 1 atom stereocenters. The van der Waals surface area contributed by atoms with Gasteiger partial charge in [-0.3, -0.25) is 14.4 Å². The van der Waals surface area contributed by atoms with Gasteiger partial charge in [-0.05, 0) is 42.8 Å². The van der Waals surface area contributed by atoms with Crippen LogP contribution in [0.2, 0.25) is 5.02 Å². The van der Waals surface area contributed by atoms with Crippen LogP contribution in [-0.4, -0.2) is 91.3 Å². The minimum Gasteiger partial charge on any atom is -0.504 e. The number of benzene rings is 2. The van der Waals surface area contributed by atoms with Crippen LogP contribution in [0.3, 0.4) is 0 Å². The van der Waals surface area contributed by atoms with Crippen LogP contribution in [0.15, 0.2) is 46.3 Å². The van der Waals surface area contributed by atoms with E-state index >= 15 is 0 Å². The zero-order chi connectivity index (χ0) is 40.0. The molecule has 55 heavy (non-hydrogen) atoms. The lowest BCUT2D eigenvalue weighted by molar-refractivity contribution is -0.137. The Balaban J connectivity index is 1.52. The summed E-state index contributed by atoms with van der Waals surface area (Å²) in [4.78, 5) is 50.2. The number of nitrogens with zero attached hydrogens (tertiary/aromatic N) is 5. The van der Waals surface area contributed by atoms with Crippen molar-refractivity contribution in [3.63, 3.8) is 0 Å². The molecule has 3 heterocycles. The van der Waals surface area contributed by atoms with Gasteiger partial charge in [0.25, 0.3) is 11.5 Å². The third kappa shape index (κ3) is 8.72. The van der Waals surface area contributed by atoms with Gasteiger partial charge in [-0.15, -0.1) is 0 Å². The van der Waals surface area contributed by atoms with Crippen molar-refractivity contribution < 1.29 is 37.3 Å². The van der Waals surface area contributed by atoms with E-state index in [2.05, 4.69) is 16.1 Å². The number of amides is 2. The molecule has 0 spiro atoms. The van der Waals surface area contributed by atoms with E-state index in [-0.39, 0.29) is 71.8 Å². The lowest BCUT2D eigenvalue weighted by atomic mass is 9.97. The highest BCUT2D eigenvalue weighted by atomic mass is 35.5. The van der Waals surface area contributed by atoms with Gasteiger partial charge in [-0.25, -0.2) is 4.99 Å². The second-order valence-electron chi connectivity index (χ2n) is 12.9. The molecule has 5 rings (SSSR count). The number of methoxy groups -OCH3 is 1. The van der Waals surface area contributed by atoms with Gasteiger partial charge in [-0.2, -0.15) is 17.8 Å². The standard InChI is InChI=1S/C37H46ClF3N8O6/c1-6-22-19-23-12-18-55-33(23)32(51)30(22)34(52)47-16-14-46(15-17-47)31-27(7-2)48(21-28(50)44-26-11-10-24(20-25(26)38)37(39,40)41)36(49(43-4)35(31)53)45-29(54-5)9-8-13-42-3/h8,10-11,13,19-20,29,42-43,51H,6-7,9,12,14-18,21H2,1-5H3,(H,44,50)/b13-8-,45-36-. The SMILES string of the molecule is CCc1cc2c(c(O)c1C(=O)N1CCN(c3c(CC)n(CC(=O)Nc4ccc(C(F)(F)F)cc4Cl)/c(=N/C(C/C=C\NC)OC)n(NC)c3=O)CC1)OCC2. The van der Waals surface area contributed by atoms with Crippen LogP contribution in [-0.2, 0) is 41.5 Å².